The Morgan fingerprint density at radius 1 is 1.36 bits per heavy atom. The minimum absolute atomic E-state index is 0.0766. The Labute approximate surface area is 133 Å². The molecule has 1 unspecified atom stereocenters. The van der Waals surface area contributed by atoms with Crippen LogP contribution in [-0.4, -0.2) is 38.0 Å². The van der Waals surface area contributed by atoms with Crippen LogP contribution < -0.4 is 10.0 Å². The molecule has 1 aromatic rings. The molecule has 1 aromatic heterocycles. The van der Waals surface area contributed by atoms with Crippen LogP contribution in [-0.2, 0) is 26.0 Å². The Morgan fingerprint density at radius 2 is 2.05 bits per heavy atom. The smallest absolute Gasteiger partial charge is 0.321 e. The number of carbonyl (C=O) groups is 2. The van der Waals surface area contributed by atoms with E-state index in [0.29, 0.717) is 19.4 Å². The summed E-state index contributed by atoms with van der Waals surface area (Å²) in [6.45, 7) is 3.62. The van der Waals surface area contributed by atoms with Crippen LogP contribution in [0, 0.1) is 0 Å². The van der Waals surface area contributed by atoms with Crippen LogP contribution in [0.15, 0.2) is 16.3 Å². The van der Waals surface area contributed by atoms with Gasteiger partial charge in [0.15, 0.2) is 0 Å². The van der Waals surface area contributed by atoms with E-state index in [4.69, 9.17) is 5.11 Å². The van der Waals surface area contributed by atoms with Gasteiger partial charge >= 0.3 is 5.97 Å². The van der Waals surface area contributed by atoms with Gasteiger partial charge < -0.3 is 10.4 Å². The zero-order valence-electron chi connectivity index (χ0n) is 12.5. The van der Waals surface area contributed by atoms with Gasteiger partial charge in [-0.15, -0.1) is 11.3 Å². The van der Waals surface area contributed by atoms with Gasteiger partial charge in [-0.1, -0.05) is 13.3 Å². The summed E-state index contributed by atoms with van der Waals surface area (Å²) in [5.74, 6) is -1.33. The van der Waals surface area contributed by atoms with Crippen LogP contribution in [0.4, 0.5) is 0 Å². The van der Waals surface area contributed by atoms with Crippen LogP contribution in [0.25, 0.3) is 0 Å². The van der Waals surface area contributed by atoms with Crippen molar-refractivity contribution < 1.29 is 23.1 Å². The van der Waals surface area contributed by atoms with Gasteiger partial charge in [0.2, 0.25) is 5.91 Å². The molecule has 1 rings (SSSR count). The van der Waals surface area contributed by atoms with Crippen molar-refractivity contribution in [3.63, 3.8) is 0 Å². The minimum atomic E-state index is -3.85. The average Bonchev–Trinajstić information content (AvgIpc) is 2.87. The maximum Gasteiger partial charge on any atom is 0.321 e. The quantitative estimate of drug-likeness (QED) is 0.615. The first-order valence-corrected chi connectivity index (χ1v) is 9.14. The second-order valence-corrected chi connectivity index (χ2v) is 7.86. The van der Waals surface area contributed by atoms with Crippen LogP contribution in [0.5, 0.6) is 0 Å². The lowest BCUT2D eigenvalue weighted by Gasteiger charge is -2.12. The molecule has 22 heavy (non-hydrogen) atoms. The Kier molecular flexibility index (Phi) is 6.98. The van der Waals surface area contributed by atoms with Crippen LogP contribution >= 0.6 is 11.3 Å². The normalized spacial score (nSPS) is 12.8. The van der Waals surface area contributed by atoms with E-state index < -0.39 is 22.0 Å². The number of aliphatic carboxylic acids is 1. The van der Waals surface area contributed by atoms with Crippen molar-refractivity contribution in [1.29, 1.82) is 0 Å². The highest BCUT2D eigenvalue weighted by Gasteiger charge is 2.25. The molecular formula is C13H20N2O5S2. The Bertz CT molecular complexity index is 624. The van der Waals surface area contributed by atoms with E-state index >= 15 is 0 Å². The van der Waals surface area contributed by atoms with Gasteiger partial charge in [-0.25, -0.2) is 8.42 Å². The molecule has 3 N–H and O–H groups in total. The summed E-state index contributed by atoms with van der Waals surface area (Å²) in [6.07, 6.45) is 1.32. The molecule has 0 bridgehead atoms. The number of nitrogens with one attached hydrogen (secondary N) is 2. The topological polar surface area (TPSA) is 113 Å². The Balaban J connectivity index is 2.74. The average molecular weight is 348 g/mol. The third-order valence-electron chi connectivity index (χ3n) is 2.82. The number of carboxylic acid groups (broad SMARTS) is 1. The maximum absolute atomic E-state index is 12.2. The molecule has 0 spiro atoms. The number of hydrogen-bond donors (Lipinski definition) is 3. The van der Waals surface area contributed by atoms with Gasteiger partial charge in [-0.05, 0) is 25.0 Å². The lowest BCUT2D eigenvalue weighted by molar-refractivity contribution is -0.139. The summed E-state index contributed by atoms with van der Waals surface area (Å²) < 4.78 is 26.7. The minimum Gasteiger partial charge on any atom is -0.480 e. The van der Waals surface area contributed by atoms with E-state index in [9.17, 15) is 18.0 Å². The highest BCUT2D eigenvalue weighted by atomic mass is 32.2. The van der Waals surface area contributed by atoms with E-state index in [1.54, 1.807) is 13.0 Å². The highest BCUT2D eigenvalue weighted by Crippen LogP contribution is 2.22. The van der Waals surface area contributed by atoms with E-state index in [1.165, 1.54) is 13.0 Å². The molecule has 0 aliphatic carbocycles. The number of carboxylic acids is 1. The van der Waals surface area contributed by atoms with Crippen molar-refractivity contribution >= 4 is 33.2 Å². The van der Waals surface area contributed by atoms with E-state index in [-0.39, 0.29) is 16.5 Å². The molecular weight excluding hydrogens is 328 g/mol. The summed E-state index contributed by atoms with van der Waals surface area (Å²) in [5, 5.41) is 11.7. The summed E-state index contributed by atoms with van der Waals surface area (Å²) >= 11 is 1.07. The molecule has 0 radical (unpaired) electrons. The number of sulfonamides is 1. The molecule has 1 amide bonds. The standard InChI is InChI=1S/C13H20N2O5S2/c1-3-4-11(13(17)18)15-22(19,20)12-6-5-10(21-12)7-8-14-9(2)16/h5-6,11,15H,3-4,7-8H2,1-2H3,(H,14,16)(H,17,18). The van der Waals surface area contributed by atoms with Crippen LogP contribution in [0.1, 0.15) is 31.6 Å². The molecule has 0 saturated heterocycles. The van der Waals surface area contributed by atoms with Crippen molar-refractivity contribution in [2.75, 3.05) is 6.54 Å². The third kappa shape index (κ3) is 5.74. The van der Waals surface area contributed by atoms with Crippen LogP contribution in [0.2, 0.25) is 0 Å². The van der Waals surface area contributed by atoms with Crippen molar-refractivity contribution in [3.05, 3.63) is 17.0 Å². The van der Waals surface area contributed by atoms with E-state index in [2.05, 4.69) is 10.0 Å². The highest BCUT2D eigenvalue weighted by molar-refractivity contribution is 7.91. The molecule has 0 aliphatic rings. The summed E-state index contributed by atoms with van der Waals surface area (Å²) in [5.41, 5.74) is 0. The molecule has 1 heterocycles. The van der Waals surface area contributed by atoms with Crippen LogP contribution in [0.3, 0.4) is 0 Å². The van der Waals surface area contributed by atoms with Gasteiger partial charge in [0.1, 0.15) is 10.3 Å². The van der Waals surface area contributed by atoms with Gasteiger partial charge in [0, 0.05) is 18.3 Å². The third-order valence-corrected chi connectivity index (χ3v) is 5.93. The number of thiophene rings is 1. The second kappa shape index (κ2) is 8.25. The molecule has 9 heteroatoms. The first kappa shape index (κ1) is 18.6. The lowest BCUT2D eigenvalue weighted by Crippen LogP contribution is -2.40. The van der Waals surface area contributed by atoms with Crippen molar-refractivity contribution in [2.24, 2.45) is 0 Å². The zero-order valence-corrected chi connectivity index (χ0v) is 14.1. The molecule has 124 valence electrons. The molecule has 0 aromatic carbocycles. The first-order chi connectivity index (χ1) is 10.3. The number of amides is 1. The molecule has 0 fully saturated rings. The molecule has 7 nitrogen and oxygen atoms in total. The summed E-state index contributed by atoms with van der Waals surface area (Å²) in [7, 11) is -3.85. The van der Waals surface area contributed by atoms with Crippen molar-refractivity contribution in [3.8, 4) is 0 Å². The number of carbonyl (C=O) groups excluding carboxylic acids is 1. The van der Waals surface area contributed by atoms with Gasteiger partial charge in [-0.3, -0.25) is 9.59 Å². The molecule has 0 saturated carbocycles. The van der Waals surface area contributed by atoms with E-state index in [1.807, 2.05) is 0 Å². The number of rotatable bonds is 9. The van der Waals surface area contributed by atoms with Gasteiger partial charge in [0.05, 0.1) is 0 Å². The lowest BCUT2D eigenvalue weighted by atomic mass is 10.2. The Hall–Kier alpha value is -1.45. The maximum atomic E-state index is 12.2. The fourth-order valence-corrected chi connectivity index (χ4v) is 4.36. The zero-order chi connectivity index (χ0) is 16.8. The Morgan fingerprint density at radius 3 is 2.59 bits per heavy atom. The fourth-order valence-electron chi connectivity index (χ4n) is 1.77. The second-order valence-electron chi connectivity index (χ2n) is 4.75. The fraction of sp³-hybridized carbons (Fsp3) is 0.538. The predicted octanol–water partition coefficient (Wildman–Crippen LogP) is 0.958. The summed E-state index contributed by atoms with van der Waals surface area (Å²) in [4.78, 5) is 22.6. The van der Waals surface area contributed by atoms with E-state index in [0.717, 1.165) is 16.2 Å². The van der Waals surface area contributed by atoms with Gasteiger partial charge in [0.25, 0.3) is 10.0 Å². The molecule has 0 aliphatic heterocycles. The largest absolute Gasteiger partial charge is 0.480 e. The SMILES string of the molecule is CCCC(NS(=O)(=O)c1ccc(CCNC(C)=O)s1)C(=O)O. The van der Waals surface area contributed by atoms with Crippen molar-refractivity contribution in [2.45, 2.75) is 43.4 Å². The van der Waals surface area contributed by atoms with Crippen molar-refractivity contribution in [1.82, 2.24) is 10.0 Å². The summed E-state index contributed by atoms with van der Waals surface area (Å²) in [6, 6.07) is 1.98. The predicted molar refractivity (Wildman–Crippen MR) is 83.4 cm³/mol. The number of hydrogen-bond acceptors (Lipinski definition) is 5. The van der Waals surface area contributed by atoms with Gasteiger partial charge in [-0.2, -0.15) is 4.72 Å². The first-order valence-electron chi connectivity index (χ1n) is 6.84. The molecule has 1 atom stereocenters. The monoisotopic (exact) mass is 348 g/mol.